The van der Waals surface area contributed by atoms with Crippen molar-refractivity contribution in [2.24, 2.45) is 17.6 Å². The van der Waals surface area contributed by atoms with Gasteiger partial charge in [-0.2, -0.15) is 0 Å². The first-order valence-corrected chi connectivity index (χ1v) is 8.79. The molecule has 2 aliphatic rings. The van der Waals surface area contributed by atoms with Gasteiger partial charge in [-0.3, -0.25) is 9.80 Å². The van der Waals surface area contributed by atoms with Crippen molar-refractivity contribution in [2.45, 2.75) is 38.6 Å². The van der Waals surface area contributed by atoms with Crippen LogP contribution in [0.1, 0.15) is 33.1 Å². The normalized spacial score (nSPS) is 36.3. The maximum atomic E-state index is 6.25. The third kappa shape index (κ3) is 4.19. The predicted molar refractivity (Wildman–Crippen MR) is 90.5 cm³/mol. The van der Waals surface area contributed by atoms with Crippen LogP contribution >= 0.6 is 0 Å². The third-order valence-corrected chi connectivity index (χ3v) is 6.02. The van der Waals surface area contributed by atoms with E-state index in [0.29, 0.717) is 5.54 Å². The summed E-state index contributed by atoms with van der Waals surface area (Å²) < 4.78 is 0. The lowest BCUT2D eigenvalue weighted by Crippen LogP contribution is -2.62. The maximum Gasteiger partial charge on any atom is 0.0335 e. The van der Waals surface area contributed by atoms with Gasteiger partial charge in [-0.15, -0.1) is 0 Å². The van der Waals surface area contributed by atoms with Crippen LogP contribution in [0, 0.1) is 11.8 Å². The summed E-state index contributed by atoms with van der Waals surface area (Å²) in [4.78, 5) is 7.61. The number of nitrogens with two attached hydrogens (primary N) is 1. The SMILES string of the molecule is CC1CCC(CN)(N2CCN(CCN(C)C)CC2)CC1C. The second-order valence-corrected chi connectivity index (χ2v) is 7.76. The predicted octanol–water partition coefficient (Wildman–Crippen LogP) is 1.32. The fourth-order valence-electron chi connectivity index (χ4n) is 4.07. The first-order valence-electron chi connectivity index (χ1n) is 8.79. The summed E-state index contributed by atoms with van der Waals surface area (Å²) in [5, 5.41) is 0. The van der Waals surface area contributed by atoms with E-state index in [-0.39, 0.29) is 0 Å². The number of nitrogens with zero attached hydrogens (tertiary/aromatic N) is 3. The molecule has 0 spiro atoms. The highest BCUT2D eigenvalue weighted by molar-refractivity contribution is 4.98. The Balaban J connectivity index is 1.87. The van der Waals surface area contributed by atoms with Gasteiger partial charge in [0.15, 0.2) is 0 Å². The van der Waals surface area contributed by atoms with Gasteiger partial charge < -0.3 is 10.6 Å². The van der Waals surface area contributed by atoms with E-state index in [4.69, 9.17) is 5.73 Å². The lowest BCUT2D eigenvalue weighted by molar-refractivity contribution is -0.0115. The minimum Gasteiger partial charge on any atom is -0.329 e. The second kappa shape index (κ2) is 7.40. The molecule has 1 aliphatic heterocycles. The molecule has 4 heteroatoms. The summed E-state index contributed by atoms with van der Waals surface area (Å²) in [6.45, 7) is 12.8. The number of rotatable bonds is 5. The van der Waals surface area contributed by atoms with Crippen LogP contribution in [-0.2, 0) is 0 Å². The summed E-state index contributed by atoms with van der Waals surface area (Å²) in [7, 11) is 4.31. The van der Waals surface area contributed by atoms with E-state index in [2.05, 4.69) is 42.6 Å². The minimum absolute atomic E-state index is 0.291. The van der Waals surface area contributed by atoms with Crippen molar-refractivity contribution in [3.8, 4) is 0 Å². The number of hydrogen-bond donors (Lipinski definition) is 1. The molecule has 0 aromatic carbocycles. The van der Waals surface area contributed by atoms with Crippen molar-refractivity contribution < 1.29 is 0 Å². The summed E-state index contributed by atoms with van der Waals surface area (Å²) in [6, 6.07) is 0. The van der Waals surface area contributed by atoms with E-state index in [1.165, 1.54) is 52.0 Å². The lowest BCUT2D eigenvalue weighted by Gasteiger charge is -2.52. The minimum atomic E-state index is 0.291. The van der Waals surface area contributed by atoms with Gasteiger partial charge in [0, 0.05) is 51.4 Å². The fraction of sp³-hybridized carbons (Fsp3) is 1.00. The molecule has 0 radical (unpaired) electrons. The largest absolute Gasteiger partial charge is 0.329 e. The highest BCUT2D eigenvalue weighted by atomic mass is 15.3. The third-order valence-electron chi connectivity index (χ3n) is 6.02. The standard InChI is InChI=1S/C17H36N4/c1-15-5-6-17(14-18,13-16(15)2)21-11-9-20(10-12-21)8-7-19(3)4/h15-16H,5-14,18H2,1-4H3. The molecule has 1 aliphatic carbocycles. The Morgan fingerprint density at radius 3 is 2.29 bits per heavy atom. The Hall–Kier alpha value is -0.160. The molecule has 1 saturated heterocycles. The first kappa shape index (κ1) is 17.2. The monoisotopic (exact) mass is 296 g/mol. The molecule has 1 heterocycles. The van der Waals surface area contributed by atoms with E-state index in [1.54, 1.807) is 0 Å². The van der Waals surface area contributed by atoms with Crippen LogP contribution in [0.5, 0.6) is 0 Å². The molecular weight excluding hydrogens is 260 g/mol. The van der Waals surface area contributed by atoms with Crippen LogP contribution in [0.3, 0.4) is 0 Å². The van der Waals surface area contributed by atoms with E-state index >= 15 is 0 Å². The smallest absolute Gasteiger partial charge is 0.0335 e. The van der Waals surface area contributed by atoms with Crippen molar-refractivity contribution >= 4 is 0 Å². The quantitative estimate of drug-likeness (QED) is 0.830. The van der Waals surface area contributed by atoms with Crippen LogP contribution in [0.25, 0.3) is 0 Å². The zero-order valence-electron chi connectivity index (χ0n) is 14.6. The highest BCUT2D eigenvalue weighted by Gasteiger charge is 2.42. The maximum absolute atomic E-state index is 6.25. The molecular formula is C17H36N4. The van der Waals surface area contributed by atoms with Gasteiger partial charge >= 0.3 is 0 Å². The molecule has 3 unspecified atom stereocenters. The molecule has 0 aromatic heterocycles. The molecule has 2 N–H and O–H groups in total. The Morgan fingerprint density at radius 2 is 1.76 bits per heavy atom. The second-order valence-electron chi connectivity index (χ2n) is 7.76. The van der Waals surface area contributed by atoms with Crippen molar-refractivity contribution in [2.75, 3.05) is 59.9 Å². The Kier molecular flexibility index (Phi) is 6.06. The molecule has 0 amide bonds. The van der Waals surface area contributed by atoms with E-state index < -0.39 is 0 Å². The van der Waals surface area contributed by atoms with E-state index in [1.807, 2.05) is 0 Å². The van der Waals surface area contributed by atoms with E-state index in [9.17, 15) is 0 Å². The van der Waals surface area contributed by atoms with Crippen LogP contribution < -0.4 is 5.73 Å². The van der Waals surface area contributed by atoms with Gasteiger partial charge in [0.25, 0.3) is 0 Å². The molecule has 0 aromatic rings. The summed E-state index contributed by atoms with van der Waals surface area (Å²) in [5.74, 6) is 1.68. The van der Waals surface area contributed by atoms with Gasteiger partial charge in [0.2, 0.25) is 0 Å². The fourth-order valence-corrected chi connectivity index (χ4v) is 4.07. The Labute approximate surface area is 131 Å². The van der Waals surface area contributed by atoms with Gasteiger partial charge in [-0.1, -0.05) is 13.8 Å². The van der Waals surface area contributed by atoms with Crippen molar-refractivity contribution in [3.05, 3.63) is 0 Å². The number of piperazine rings is 1. The molecule has 2 rings (SSSR count). The average Bonchev–Trinajstić information content (AvgIpc) is 2.49. The first-order chi connectivity index (χ1) is 9.97. The number of likely N-dealkylation sites (N-methyl/N-ethyl adjacent to an activating group) is 1. The van der Waals surface area contributed by atoms with Crippen LogP contribution in [0.2, 0.25) is 0 Å². The number of hydrogen-bond acceptors (Lipinski definition) is 4. The van der Waals surface area contributed by atoms with Gasteiger partial charge in [0.05, 0.1) is 0 Å². The van der Waals surface area contributed by atoms with Crippen molar-refractivity contribution in [1.29, 1.82) is 0 Å². The zero-order chi connectivity index (χ0) is 15.5. The van der Waals surface area contributed by atoms with Crippen LogP contribution in [0.15, 0.2) is 0 Å². The van der Waals surface area contributed by atoms with Gasteiger partial charge in [-0.25, -0.2) is 0 Å². The van der Waals surface area contributed by atoms with Gasteiger partial charge in [0.1, 0.15) is 0 Å². The molecule has 21 heavy (non-hydrogen) atoms. The average molecular weight is 297 g/mol. The molecule has 3 atom stereocenters. The summed E-state index contributed by atoms with van der Waals surface area (Å²) >= 11 is 0. The summed E-state index contributed by atoms with van der Waals surface area (Å²) in [6.07, 6.45) is 3.94. The van der Waals surface area contributed by atoms with Gasteiger partial charge in [-0.05, 0) is 45.2 Å². The zero-order valence-corrected chi connectivity index (χ0v) is 14.6. The van der Waals surface area contributed by atoms with Crippen molar-refractivity contribution in [1.82, 2.24) is 14.7 Å². The van der Waals surface area contributed by atoms with Crippen molar-refractivity contribution in [3.63, 3.8) is 0 Å². The van der Waals surface area contributed by atoms with Crippen LogP contribution in [0.4, 0.5) is 0 Å². The Bertz CT molecular complexity index is 312. The topological polar surface area (TPSA) is 35.7 Å². The highest BCUT2D eigenvalue weighted by Crippen LogP contribution is 2.39. The van der Waals surface area contributed by atoms with E-state index in [0.717, 1.165) is 24.9 Å². The molecule has 0 bridgehead atoms. The molecule has 4 nitrogen and oxygen atoms in total. The lowest BCUT2D eigenvalue weighted by atomic mass is 9.70. The van der Waals surface area contributed by atoms with Crippen LogP contribution in [-0.4, -0.2) is 80.1 Å². The summed E-state index contributed by atoms with van der Waals surface area (Å²) in [5.41, 5.74) is 6.54. The molecule has 124 valence electrons. The Morgan fingerprint density at radius 1 is 1.10 bits per heavy atom. The molecule has 2 fully saturated rings. The molecule has 1 saturated carbocycles.